The molecular formula is C28H38O12. The molecule has 0 bridgehead atoms. The first-order chi connectivity index (χ1) is 19.1. The first-order valence-corrected chi connectivity index (χ1v) is 12.6. The van der Waals surface area contributed by atoms with E-state index < -0.39 is 49.5 Å². The number of aliphatic hydroxyl groups is 4. The van der Waals surface area contributed by atoms with Crippen LogP contribution in [-0.4, -0.2) is 97.4 Å². The number of phenols is 1. The van der Waals surface area contributed by atoms with E-state index in [1.54, 1.807) is 25.1 Å². The summed E-state index contributed by atoms with van der Waals surface area (Å²) in [4.78, 5) is 0. The van der Waals surface area contributed by atoms with Crippen molar-refractivity contribution in [2.24, 2.45) is 0 Å². The van der Waals surface area contributed by atoms with Gasteiger partial charge in [0.15, 0.2) is 29.3 Å². The molecule has 1 saturated heterocycles. The number of allylic oxidation sites excluding steroid dienone is 1. The zero-order valence-electron chi connectivity index (χ0n) is 23.1. The predicted molar refractivity (Wildman–Crippen MR) is 142 cm³/mol. The van der Waals surface area contributed by atoms with Crippen LogP contribution in [0, 0.1) is 0 Å². The Bertz CT molecular complexity index is 1090. The lowest BCUT2D eigenvalue weighted by Gasteiger charge is -2.41. The molecule has 0 aromatic heterocycles. The van der Waals surface area contributed by atoms with E-state index >= 15 is 0 Å². The van der Waals surface area contributed by atoms with Crippen LogP contribution >= 0.6 is 0 Å². The molecule has 1 heterocycles. The Labute approximate surface area is 232 Å². The summed E-state index contributed by atoms with van der Waals surface area (Å²) in [5.41, 5.74) is 1.27. The number of hydrogen-bond donors (Lipinski definition) is 5. The third kappa shape index (κ3) is 6.54. The lowest BCUT2D eigenvalue weighted by Crippen LogP contribution is -2.59. The summed E-state index contributed by atoms with van der Waals surface area (Å²) in [5.74, 6) is 0.951. The molecule has 2 aromatic carbocycles. The Morgan fingerprint density at radius 3 is 1.90 bits per heavy atom. The Morgan fingerprint density at radius 2 is 1.43 bits per heavy atom. The summed E-state index contributed by atoms with van der Waals surface area (Å²) in [5, 5.41) is 51.3. The van der Waals surface area contributed by atoms with Gasteiger partial charge in [-0.3, -0.25) is 0 Å². The molecule has 1 aliphatic heterocycles. The second kappa shape index (κ2) is 13.9. The molecule has 1 fully saturated rings. The van der Waals surface area contributed by atoms with Gasteiger partial charge in [-0.25, -0.2) is 0 Å². The van der Waals surface area contributed by atoms with Crippen molar-refractivity contribution in [3.8, 4) is 34.5 Å². The number of rotatable bonds is 13. The van der Waals surface area contributed by atoms with Crippen LogP contribution in [0.4, 0.5) is 0 Å². The number of methoxy groups -OCH3 is 4. The quantitative estimate of drug-likeness (QED) is 0.222. The Balaban J connectivity index is 2.07. The van der Waals surface area contributed by atoms with Crippen molar-refractivity contribution in [2.45, 2.75) is 56.3 Å². The first-order valence-electron chi connectivity index (χ1n) is 12.6. The van der Waals surface area contributed by atoms with Crippen LogP contribution in [0.2, 0.25) is 0 Å². The zero-order chi connectivity index (χ0) is 29.6. The number of phenolic OH excluding ortho intramolecular Hbond substituents is 1. The molecule has 0 amide bonds. The van der Waals surface area contributed by atoms with Gasteiger partial charge in [0.25, 0.3) is 0 Å². The van der Waals surface area contributed by atoms with E-state index in [4.69, 9.17) is 33.2 Å². The van der Waals surface area contributed by atoms with Crippen molar-refractivity contribution in [1.29, 1.82) is 0 Å². The van der Waals surface area contributed by atoms with Crippen molar-refractivity contribution < 1.29 is 58.7 Å². The minimum Gasteiger partial charge on any atom is -0.502 e. The summed E-state index contributed by atoms with van der Waals surface area (Å²) in [7, 11) is 5.71. The van der Waals surface area contributed by atoms with Gasteiger partial charge in [0.2, 0.25) is 11.5 Å². The fraction of sp³-hybridized carbons (Fsp3) is 0.500. The largest absolute Gasteiger partial charge is 0.502 e. The van der Waals surface area contributed by atoms with Crippen molar-refractivity contribution in [2.75, 3.05) is 35.0 Å². The fourth-order valence-corrected chi connectivity index (χ4v) is 4.45. The van der Waals surface area contributed by atoms with Crippen LogP contribution in [0.5, 0.6) is 34.5 Å². The van der Waals surface area contributed by atoms with Crippen LogP contribution in [0.15, 0.2) is 36.9 Å². The van der Waals surface area contributed by atoms with Crippen molar-refractivity contribution >= 4 is 0 Å². The van der Waals surface area contributed by atoms with E-state index in [2.05, 4.69) is 6.58 Å². The molecule has 222 valence electrons. The van der Waals surface area contributed by atoms with Gasteiger partial charge in [-0.2, -0.15) is 0 Å². The lowest BCUT2D eigenvalue weighted by molar-refractivity contribution is -0.317. The maximum atomic E-state index is 10.7. The van der Waals surface area contributed by atoms with Gasteiger partial charge in [-0.15, -0.1) is 6.58 Å². The van der Waals surface area contributed by atoms with Crippen LogP contribution in [-0.2, 0) is 15.9 Å². The van der Waals surface area contributed by atoms with Gasteiger partial charge >= 0.3 is 0 Å². The van der Waals surface area contributed by atoms with Gasteiger partial charge < -0.3 is 58.7 Å². The van der Waals surface area contributed by atoms with Gasteiger partial charge in [-0.1, -0.05) is 6.08 Å². The molecule has 0 radical (unpaired) electrons. The zero-order valence-corrected chi connectivity index (χ0v) is 23.1. The average Bonchev–Trinajstić information content (AvgIpc) is 2.96. The van der Waals surface area contributed by atoms with Crippen LogP contribution in [0.25, 0.3) is 0 Å². The van der Waals surface area contributed by atoms with Crippen LogP contribution < -0.4 is 23.7 Å². The smallest absolute Gasteiger partial charge is 0.203 e. The van der Waals surface area contributed by atoms with Gasteiger partial charge in [0, 0.05) is 0 Å². The molecule has 12 heteroatoms. The Kier molecular flexibility index (Phi) is 10.9. The van der Waals surface area contributed by atoms with E-state index in [1.165, 1.54) is 40.6 Å². The van der Waals surface area contributed by atoms with Crippen molar-refractivity contribution in [3.05, 3.63) is 48.0 Å². The second-order valence-corrected chi connectivity index (χ2v) is 9.17. The van der Waals surface area contributed by atoms with Crippen molar-refractivity contribution in [3.63, 3.8) is 0 Å². The first kappa shape index (κ1) is 31.3. The predicted octanol–water partition coefficient (Wildman–Crippen LogP) is 1.48. The molecule has 2 aromatic rings. The maximum Gasteiger partial charge on any atom is 0.203 e. The fourth-order valence-electron chi connectivity index (χ4n) is 4.45. The molecule has 3 rings (SSSR count). The lowest BCUT2D eigenvalue weighted by atomic mass is 9.98. The van der Waals surface area contributed by atoms with Crippen LogP contribution in [0.1, 0.15) is 24.2 Å². The molecule has 0 aliphatic carbocycles. The topological polar surface area (TPSA) is 166 Å². The second-order valence-electron chi connectivity index (χ2n) is 9.17. The highest BCUT2D eigenvalue weighted by Crippen LogP contribution is 2.44. The van der Waals surface area contributed by atoms with Gasteiger partial charge in [-0.05, 0) is 48.7 Å². The molecule has 1 aliphatic rings. The number of benzene rings is 2. The number of aliphatic hydroxyl groups excluding tert-OH is 4. The van der Waals surface area contributed by atoms with Crippen LogP contribution in [0.3, 0.4) is 0 Å². The Morgan fingerprint density at radius 1 is 0.875 bits per heavy atom. The van der Waals surface area contributed by atoms with E-state index in [1.807, 2.05) is 0 Å². The third-order valence-corrected chi connectivity index (χ3v) is 6.59. The van der Waals surface area contributed by atoms with E-state index in [0.29, 0.717) is 23.5 Å². The highest BCUT2D eigenvalue weighted by Gasteiger charge is 2.46. The van der Waals surface area contributed by atoms with Gasteiger partial charge in [0.1, 0.15) is 36.6 Å². The maximum absolute atomic E-state index is 10.7. The molecule has 12 nitrogen and oxygen atoms in total. The van der Waals surface area contributed by atoms with Gasteiger partial charge in [0.05, 0.1) is 35.0 Å². The number of hydrogen-bond acceptors (Lipinski definition) is 12. The number of ether oxygens (including phenoxy) is 7. The SMILES string of the molecule is C=CCc1cc(OC)c(OC(C)C(OC2OC(CO)C(O)C(O)C2O)c2cc(OC)c(O)c(OC)c2)c(OC)c1. The standard InChI is InChI=1S/C28H38O12/c1-7-8-15-9-19(36-5)27(20(10-15)37-6)38-14(2)26(16-11-17(34-3)22(30)18(12-16)35-4)40-28-25(33)24(32)23(31)21(13-29)39-28/h7,9-12,14,21,23-26,28-33H,1,8,13H2,2-6H3. The minimum absolute atomic E-state index is 0.0768. The number of aromatic hydroxyl groups is 1. The van der Waals surface area contributed by atoms with E-state index in [-0.39, 0.29) is 23.0 Å². The highest BCUT2D eigenvalue weighted by atomic mass is 16.7. The summed E-state index contributed by atoms with van der Waals surface area (Å²) < 4.78 is 39.8. The highest BCUT2D eigenvalue weighted by molar-refractivity contribution is 5.55. The third-order valence-electron chi connectivity index (χ3n) is 6.59. The summed E-state index contributed by atoms with van der Waals surface area (Å²) in [6.45, 7) is 4.81. The molecule has 7 atom stereocenters. The van der Waals surface area contributed by atoms with Crippen molar-refractivity contribution in [1.82, 2.24) is 0 Å². The summed E-state index contributed by atoms with van der Waals surface area (Å²) in [6.07, 6.45) is -7.19. The molecule has 0 saturated carbocycles. The normalized spacial score (nSPS) is 24.1. The molecule has 5 N–H and O–H groups in total. The average molecular weight is 567 g/mol. The van der Waals surface area contributed by atoms with E-state index in [9.17, 15) is 25.5 Å². The minimum atomic E-state index is -1.67. The molecule has 0 spiro atoms. The Hall–Kier alpha value is -3.26. The van der Waals surface area contributed by atoms with E-state index in [0.717, 1.165) is 5.56 Å². The molecule has 40 heavy (non-hydrogen) atoms. The molecular weight excluding hydrogens is 528 g/mol. The summed E-state index contributed by atoms with van der Waals surface area (Å²) in [6, 6.07) is 6.56. The molecule has 7 unspecified atom stereocenters. The monoisotopic (exact) mass is 566 g/mol. The summed E-state index contributed by atoms with van der Waals surface area (Å²) >= 11 is 0.